The van der Waals surface area contributed by atoms with Gasteiger partial charge in [-0.05, 0) is 11.8 Å². The summed E-state index contributed by atoms with van der Waals surface area (Å²) < 4.78 is 5.21. The number of hydrogen-bond donors (Lipinski definition) is 2. The molecule has 0 fully saturated rings. The molecule has 2 aromatic heterocycles. The zero-order valence-corrected chi connectivity index (χ0v) is 12.5. The Hall–Kier alpha value is -2.13. The lowest BCUT2D eigenvalue weighted by Gasteiger charge is -2.20. The van der Waals surface area contributed by atoms with E-state index in [1.807, 2.05) is 19.0 Å². The molecule has 2 aromatic rings. The van der Waals surface area contributed by atoms with E-state index in [1.165, 1.54) is 31.5 Å². The molecule has 3 rings (SSSR count). The second-order valence-electron chi connectivity index (χ2n) is 4.52. The number of rotatable bonds is 2. The van der Waals surface area contributed by atoms with Crippen LogP contribution in [0.5, 0.6) is 5.88 Å². The van der Waals surface area contributed by atoms with E-state index in [0.717, 1.165) is 0 Å². The highest BCUT2D eigenvalue weighted by Gasteiger charge is 2.28. The molecular formula is C12H14N6O2S. The Balaban J connectivity index is 2.16. The number of aromatic nitrogens is 4. The van der Waals surface area contributed by atoms with Crippen molar-refractivity contribution in [3.63, 3.8) is 0 Å². The predicted molar refractivity (Wildman–Crippen MR) is 77.6 cm³/mol. The smallest absolute Gasteiger partial charge is 0.241 e. The molecule has 0 saturated carbocycles. The van der Waals surface area contributed by atoms with E-state index in [2.05, 4.69) is 25.3 Å². The van der Waals surface area contributed by atoms with Crippen molar-refractivity contribution in [1.82, 2.24) is 19.9 Å². The van der Waals surface area contributed by atoms with Crippen molar-refractivity contribution in [1.29, 1.82) is 0 Å². The van der Waals surface area contributed by atoms with Gasteiger partial charge >= 0.3 is 0 Å². The topological polar surface area (TPSA) is 96.3 Å². The molecule has 110 valence electrons. The zero-order chi connectivity index (χ0) is 15.0. The Morgan fingerprint density at radius 2 is 1.90 bits per heavy atom. The summed E-state index contributed by atoms with van der Waals surface area (Å²) >= 11 is 1.34. The van der Waals surface area contributed by atoms with Gasteiger partial charge in [0.05, 0.1) is 12.7 Å². The van der Waals surface area contributed by atoms with Crippen LogP contribution in [-0.2, 0) is 0 Å². The second kappa shape index (κ2) is 5.34. The Labute approximate surface area is 125 Å². The number of ether oxygens (including phenoxy) is 1. The van der Waals surface area contributed by atoms with Gasteiger partial charge < -0.3 is 20.1 Å². The van der Waals surface area contributed by atoms with E-state index in [4.69, 9.17) is 4.74 Å². The second-order valence-corrected chi connectivity index (χ2v) is 5.50. The molecule has 21 heavy (non-hydrogen) atoms. The fraction of sp³-hybridized carbons (Fsp3) is 0.333. The molecule has 1 aliphatic heterocycles. The molecule has 3 heterocycles. The Morgan fingerprint density at radius 3 is 2.62 bits per heavy atom. The van der Waals surface area contributed by atoms with Gasteiger partial charge in [0.15, 0.2) is 6.23 Å². The van der Waals surface area contributed by atoms with Crippen molar-refractivity contribution in [2.45, 2.75) is 16.3 Å². The summed E-state index contributed by atoms with van der Waals surface area (Å²) in [7, 11) is 5.24. The Bertz CT molecular complexity index is 681. The minimum Gasteiger partial charge on any atom is -0.479 e. The molecule has 0 aliphatic carbocycles. The van der Waals surface area contributed by atoms with Gasteiger partial charge in [0.1, 0.15) is 34.2 Å². The van der Waals surface area contributed by atoms with Crippen LogP contribution in [0.4, 0.5) is 11.5 Å². The van der Waals surface area contributed by atoms with Crippen LogP contribution < -0.4 is 15.0 Å². The van der Waals surface area contributed by atoms with Gasteiger partial charge in [0.2, 0.25) is 5.88 Å². The largest absolute Gasteiger partial charge is 0.479 e. The number of hydrogen-bond acceptors (Lipinski definition) is 9. The first kappa shape index (κ1) is 13.8. The van der Waals surface area contributed by atoms with E-state index in [0.29, 0.717) is 33.0 Å². The normalized spacial score (nSPS) is 16.3. The lowest BCUT2D eigenvalue weighted by molar-refractivity contribution is 0.203. The van der Waals surface area contributed by atoms with Crippen LogP contribution in [0.15, 0.2) is 22.7 Å². The molecule has 0 aromatic carbocycles. The van der Waals surface area contributed by atoms with Gasteiger partial charge in [-0.2, -0.15) is 4.98 Å². The number of nitrogens with zero attached hydrogens (tertiary/aromatic N) is 5. The molecule has 0 spiro atoms. The summed E-state index contributed by atoms with van der Waals surface area (Å²) in [6, 6.07) is 0. The molecule has 9 heteroatoms. The maximum atomic E-state index is 10.5. The van der Waals surface area contributed by atoms with E-state index in [1.54, 1.807) is 0 Å². The number of fused-ring (bicyclic) bond motifs is 2. The van der Waals surface area contributed by atoms with Gasteiger partial charge in [0, 0.05) is 14.1 Å². The quantitative estimate of drug-likeness (QED) is 0.785. The summed E-state index contributed by atoms with van der Waals surface area (Å²) in [6.07, 6.45) is 1.90. The maximum Gasteiger partial charge on any atom is 0.241 e. The van der Waals surface area contributed by atoms with Crippen molar-refractivity contribution in [2.24, 2.45) is 0 Å². The SMILES string of the molecule is COc1ncnc2c1NC(O)c1c(ncnc1N(C)C)S2. The van der Waals surface area contributed by atoms with Crippen molar-refractivity contribution in [2.75, 3.05) is 31.4 Å². The first-order valence-corrected chi connectivity index (χ1v) is 6.97. The van der Waals surface area contributed by atoms with Crippen molar-refractivity contribution >= 4 is 23.3 Å². The van der Waals surface area contributed by atoms with E-state index in [9.17, 15) is 5.11 Å². The van der Waals surface area contributed by atoms with Crippen LogP contribution in [-0.4, -0.2) is 46.2 Å². The van der Waals surface area contributed by atoms with E-state index in [-0.39, 0.29) is 0 Å². The number of methoxy groups -OCH3 is 1. The number of anilines is 2. The first-order chi connectivity index (χ1) is 10.1. The maximum absolute atomic E-state index is 10.5. The van der Waals surface area contributed by atoms with Gasteiger partial charge in [-0.25, -0.2) is 15.0 Å². The Kier molecular flexibility index (Phi) is 3.52. The predicted octanol–water partition coefficient (Wildman–Crippen LogP) is 0.909. The van der Waals surface area contributed by atoms with Gasteiger partial charge in [-0.15, -0.1) is 0 Å². The standard InChI is InChI=1S/C12H14N6O2S/c1-18(2)8-6-9(19)17-7-10(20-3)14-5-16-12(7)21-11(6)15-4-13-8/h4-5,9,17,19H,1-3H3. The van der Waals surface area contributed by atoms with Gasteiger partial charge in [0.25, 0.3) is 0 Å². The Morgan fingerprint density at radius 1 is 1.19 bits per heavy atom. The summed E-state index contributed by atoms with van der Waals surface area (Å²) in [5, 5.41) is 14.8. The van der Waals surface area contributed by atoms with Crippen molar-refractivity contribution in [3.8, 4) is 5.88 Å². The molecule has 2 N–H and O–H groups in total. The summed E-state index contributed by atoms with van der Waals surface area (Å²) in [5.41, 5.74) is 1.15. The third kappa shape index (κ3) is 2.34. The molecular weight excluding hydrogens is 292 g/mol. The molecule has 1 atom stereocenters. The summed E-state index contributed by atoms with van der Waals surface area (Å²) in [4.78, 5) is 18.6. The highest BCUT2D eigenvalue weighted by molar-refractivity contribution is 7.99. The molecule has 8 nitrogen and oxygen atoms in total. The van der Waals surface area contributed by atoms with Crippen LogP contribution >= 0.6 is 11.8 Å². The fourth-order valence-corrected chi connectivity index (χ4v) is 3.00. The van der Waals surface area contributed by atoms with Gasteiger partial charge in [-0.3, -0.25) is 0 Å². The van der Waals surface area contributed by atoms with Crippen LogP contribution in [0.25, 0.3) is 0 Å². The lowest BCUT2D eigenvalue weighted by Crippen LogP contribution is -2.19. The van der Waals surface area contributed by atoms with Crippen LogP contribution in [0.2, 0.25) is 0 Å². The number of aliphatic hydroxyl groups is 1. The molecule has 0 amide bonds. The zero-order valence-electron chi connectivity index (χ0n) is 11.7. The van der Waals surface area contributed by atoms with Crippen LogP contribution in [0.1, 0.15) is 11.8 Å². The lowest BCUT2D eigenvalue weighted by atomic mass is 10.2. The monoisotopic (exact) mass is 306 g/mol. The fourth-order valence-electron chi connectivity index (χ4n) is 2.06. The summed E-state index contributed by atoms with van der Waals surface area (Å²) in [6.45, 7) is 0. The number of aliphatic hydroxyl groups excluding tert-OH is 1. The highest BCUT2D eigenvalue weighted by Crippen LogP contribution is 2.44. The first-order valence-electron chi connectivity index (χ1n) is 6.15. The highest BCUT2D eigenvalue weighted by atomic mass is 32.2. The molecule has 1 aliphatic rings. The minimum absolute atomic E-state index is 0.374. The van der Waals surface area contributed by atoms with Crippen LogP contribution in [0.3, 0.4) is 0 Å². The van der Waals surface area contributed by atoms with E-state index < -0.39 is 6.23 Å². The third-order valence-corrected chi connectivity index (χ3v) is 3.99. The molecule has 0 radical (unpaired) electrons. The molecule has 0 bridgehead atoms. The van der Waals surface area contributed by atoms with Crippen LogP contribution in [0, 0.1) is 0 Å². The third-order valence-electron chi connectivity index (χ3n) is 2.97. The van der Waals surface area contributed by atoms with Gasteiger partial charge in [-0.1, -0.05) is 0 Å². The molecule has 0 saturated heterocycles. The van der Waals surface area contributed by atoms with E-state index >= 15 is 0 Å². The summed E-state index contributed by atoms with van der Waals surface area (Å²) in [5.74, 6) is 1.02. The van der Waals surface area contributed by atoms with Crippen molar-refractivity contribution in [3.05, 3.63) is 18.2 Å². The average Bonchev–Trinajstić information content (AvgIpc) is 2.62. The number of nitrogens with one attached hydrogen (secondary N) is 1. The minimum atomic E-state index is -0.979. The molecule has 1 unspecified atom stereocenters. The average molecular weight is 306 g/mol. The van der Waals surface area contributed by atoms with Crippen molar-refractivity contribution < 1.29 is 9.84 Å².